The molecular weight excluding hydrogens is 430 g/mol. The molecule has 156 valence electrons. The number of benzene rings is 3. The van der Waals surface area contributed by atoms with Gasteiger partial charge in [0, 0.05) is 10.8 Å². The normalized spacial score (nSPS) is 13.8. The molecule has 0 saturated heterocycles. The van der Waals surface area contributed by atoms with Crippen molar-refractivity contribution < 1.29 is 14.3 Å². The summed E-state index contributed by atoms with van der Waals surface area (Å²) >= 11 is 7.66. The van der Waals surface area contributed by atoms with E-state index < -0.39 is 0 Å². The first kappa shape index (κ1) is 21.2. The maximum absolute atomic E-state index is 13.4. The highest BCUT2D eigenvalue weighted by Crippen LogP contribution is 2.39. The number of methoxy groups -OCH3 is 1. The molecule has 0 unspecified atom stereocenters. The molecule has 0 radical (unpaired) electrons. The van der Waals surface area contributed by atoms with E-state index in [2.05, 4.69) is 0 Å². The summed E-state index contributed by atoms with van der Waals surface area (Å²) in [6.07, 6.45) is 0. The van der Waals surface area contributed by atoms with Crippen molar-refractivity contribution in [2.75, 3.05) is 7.11 Å². The second-order valence-corrected chi connectivity index (χ2v) is 8.39. The minimum atomic E-state index is -0.314. The molecule has 0 aromatic heterocycles. The van der Waals surface area contributed by atoms with Gasteiger partial charge in [-0.25, -0.2) is 0 Å². The van der Waals surface area contributed by atoms with Crippen LogP contribution in [0.4, 0.5) is 0 Å². The maximum Gasteiger partial charge on any atom is 0.268 e. The van der Waals surface area contributed by atoms with Gasteiger partial charge in [-0.2, -0.15) is 0 Å². The molecule has 0 fully saturated rings. The summed E-state index contributed by atoms with van der Waals surface area (Å²) in [5.41, 5.74) is 2.92. The fourth-order valence-electron chi connectivity index (χ4n) is 3.37. The smallest absolute Gasteiger partial charge is 0.268 e. The topological polar surface area (TPSA) is 46.6 Å². The lowest BCUT2D eigenvalue weighted by Crippen LogP contribution is -2.31. The molecule has 0 bridgehead atoms. The fourth-order valence-corrected chi connectivity index (χ4v) is 4.65. The van der Waals surface area contributed by atoms with Crippen LogP contribution in [-0.4, -0.2) is 23.8 Å². The van der Waals surface area contributed by atoms with Crippen LogP contribution < -0.4 is 4.74 Å². The number of rotatable bonds is 7. The maximum atomic E-state index is 13.4. The summed E-state index contributed by atoms with van der Waals surface area (Å²) in [7, 11) is 1.59. The number of hydrogen-bond acceptors (Lipinski definition) is 4. The van der Waals surface area contributed by atoms with Crippen LogP contribution in [0.3, 0.4) is 0 Å². The van der Waals surface area contributed by atoms with Crippen molar-refractivity contribution in [1.82, 2.24) is 4.90 Å². The third kappa shape index (κ3) is 4.53. The number of imide groups is 1. The summed E-state index contributed by atoms with van der Waals surface area (Å²) in [5, 5.41) is 0.527. The third-order valence-corrected chi connectivity index (χ3v) is 6.53. The second-order valence-electron chi connectivity index (χ2n) is 6.99. The summed E-state index contributed by atoms with van der Waals surface area (Å²) < 4.78 is 5.23. The van der Waals surface area contributed by atoms with Crippen LogP contribution in [0.25, 0.3) is 5.57 Å². The Labute approximate surface area is 190 Å². The molecule has 31 heavy (non-hydrogen) atoms. The molecule has 4 nitrogen and oxygen atoms in total. The number of ether oxygens (including phenoxy) is 1. The molecule has 0 saturated carbocycles. The van der Waals surface area contributed by atoms with E-state index in [4.69, 9.17) is 16.3 Å². The van der Waals surface area contributed by atoms with E-state index in [-0.39, 0.29) is 18.4 Å². The van der Waals surface area contributed by atoms with Crippen molar-refractivity contribution in [2.24, 2.45) is 0 Å². The van der Waals surface area contributed by atoms with Crippen LogP contribution >= 0.6 is 23.4 Å². The molecule has 0 aliphatic carbocycles. The molecule has 1 aliphatic rings. The number of nitrogens with zero attached hydrogens (tertiary/aromatic N) is 1. The fraction of sp³-hybridized carbons (Fsp3) is 0.120. The second kappa shape index (κ2) is 9.41. The van der Waals surface area contributed by atoms with Gasteiger partial charge in [-0.05, 0) is 34.9 Å². The molecule has 3 aromatic carbocycles. The number of halogens is 1. The van der Waals surface area contributed by atoms with Gasteiger partial charge in [0.05, 0.1) is 24.1 Å². The minimum absolute atomic E-state index is 0.131. The van der Waals surface area contributed by atoms with Gasteiger partial charge < -0.3 is 4.74 Å². The Kier molecular flexibility index (Phi) is 6.44. The first-order valence-electron chi connectivity index (χ1n) is 9.73. The third-order valence-electron chi connectivity index (χ3n) is 5.02. The molecule has 6 heteroatoms. The molecule has 0 atom stereocenters. The minimum Gasteiger partial charge on any atom is -0.497 e. The SMILES string of the molecule is COc1ccc(C2=C(SCc3ccccc3)C(=O)N(Cc3ccccc3Cl)C2=O)cc1. The van der Waals surface area contributed by atoms with E-state index in [9.17, 15) is 9.59 Å². The predicted octanol–water partition coefficient (Wildman–Crippen LogP) is 5.56. The van der Waals surface area contributed by atoms with Crippen LogP contribution in [0.15, 0.2) is 83.8 Å². The number of carbonyl (C=O) groups is 2. The van der Waals surface area contributed by atoms with E-state index in [1.165, 1.54) is 16.7 Å². The summed E-state index contributed by atoms with van der Waals surface area (Å²) in [6, 6.07) is 24.3. The van der Waals surface area contributed by atoms with E-state index >= 15 is 0 Å². The lowest BCUT2D eigenvalue weighted by atomic mass is 10.1. The average Bonchev–Trinajstić information content (AvgIpc) is 3.04. The largest absolute Gasteiger partial charge is 0.497 e. The summed E-state index contributed by atoms with van der Waals surface area (Å²) in [4.78, 5) is 28.4. The zero-order valence-electron chi connectivity index (χ0n) is 16.9. The number of hydrogen-bond donors (Lipinski definition) is 0. The standard InChI is InChI=1S/C25H20ClNO3S/c1-30-20-13-11-18(12-14-20)22-23(31-16-17-7-3-2-4-8-17)25(29)27(24(22)28)15-19-9-5-6-10-21(19)26/h2-14H,15-16H2,1H3. The van der Waals surface area contributed by atoms with Crippen LogP contribution in [0.2, 0.25) is 5.02 Å². The van der Waals surface area contributed by atoms with Gasteiger partial charge in [0.25, 0.3) is 11.8 Å². The Hall–Kier alpha value is -3.02. The predicted molar refractivity (Wildman–Crippen MR) is 125 cm³/mol. The Morgan fingerprint density at radius 1 is 0.871 bits per heavy atom. The number of carbonyl (C=O) groups excluding carboxylic acids is 2. The average molecular weight is 450 g/mol. The van der Waals surface area contributed by atoms with Crippen molar-refractivity contribution in [2.45, 2.75) is 12.3 Å². The van der Waals surface area contributed by atoms with E-state index in [0.717, 1.165) is 11.1 Å². The van der Waals surface area contributed by atoms with E-state index in [1.54, 1.807) is 37.4 Å². The highest BCUT2D eigenvalue weighted by Gasteiger charge is 2.39. The first-order valence-corrected chi connectivity index (χ1v) is 11.1. The van der Waals surface area contributed by atoms with Crippen molar-refractivity contribution >= 4 is 40.8 Å². The highest BCUT2D eigenvalue weighted by molar-refractivity contribution is 8.03. The van der Waals surface area contributed by atoms with Gasteiger partial charge in [-0.3, -0.25) is 14.5 Å². The van der Waals surface area contributed by atoms with Crippen molar-refractivity contribution in [1.29, 1.82) is 0 Å². The van der Waals surface area contributed by atoms with E-state index in [0.29, 0.717) is 32.6 Å². The molecule has 2 amide bonds. The Morgan fingerprint density at radius 2 is 1.55 bits per heavy atom. The van der Waals surface area contributed by atoms with Gasteiger partial charge >= 0.3 is 0 Å². The summed E-state index contributed by atoms with van der Waals surface area (Å²) in [6.45, 7) is 0.131. The number of thioether (sulfide) groups is 1. The molecule has 0 N–H and O–H groups in total. The molecule has 0 spiro atoms. The Morgan fingerprint density at radius 3 is 2.23 bits per heavy atom. The van der Waals surface area contributed by atoms with Gasteiger partial charge in [0.15, 0.2) is 0 Å². The zero-order valence-corrected chi connectivity index (χ0v) is 18.5. The van der Waals surface area contributed by atoms with Gasteiger partial charge in [0.2, 0.25) is 0 Å². The van der Waals surface area contributed by atoms with Crippen LogP contribution in [0, 0.1) is 0 Å². The monoisotopic (exact) mass is 449 g/mol. The van der Waals surface area contributed by atoms with Gasteiger partial charge in [-0.1, -0.05) is 72.3 Å². The first-order chi connectivity index (χ1) is 15.1. The van der Waals surface area contributed by atoms with Crippen LogP contribution in [0.1, 0.15) is 16.7 Å². The highest BCUT2D eigenvalue weighted by atomic mass is 35.5. The van der Waals surface area contributed by atoms with Gasteiger partial charge in [0.1, 0.15) is 5.75 Å². The van der Waals surface area contributed by atoms with Gasteiger partial charge in [-0.15, -0.1) is 11.8 Å². The molecular formula is C25H20ClNO3S. The van der Waals surface area contributed by atoms with Crippen molar-refractivity contribution in [3.05, 3.63) is 105 Å². The molecule has 4 rings (SSSR count). The van der Waals surface area contributed by atoms with E-state index in [1.807, 2.05) is 48.5 Å². The van der Waals surface area contributed by atoms with Crippen LogP contribution in [-0.2, 0) is 21.9 Å². The van der Waals surface area contributed by atoms with Crippen LogP contribution in [0.5, 0.6) is 5.75 Å². The lowest BCUT2D eigenvalue weighted by Gasteiger charge is -2.16. The Balaban J connectivity index is 1.68. The quantitative estimate of drug-likeness (QED) is 0.443. The molecule has 1 heterocycles. The number of amides is 2. The lowest BCUT2D eigenvalue weighted by molar-refractivity contribution is -0.137. The molecule has 1 aliphatic heterocycles. The summed E-state index contributed by atoms with van der Waals surface area (Å²) in [5.74, 6) is 0.671. The zero-order chi connectivity index (χ0) is 21.8. The van der Waals surface area contributed by atoms with Crippen molar-refractivity contribution in [3.63, 3.8) is 0 Å². The van der Waals surface area contributed by atoms with Crippen molar-refractivity contribution in [3.8, 4) is 5.75 Å². The molecule has 3 aromatic rings. The Bertz CT molecular complexity index is 1140.